The molecule has 6 heteroatoms. The lowest BCUT2D eigenvalue weighted by Gasteiger charge is -2.18. The van der Waals surface area contributed by atoms with Crippen molar-refractivity contribution in [3.63, 3.8) is 0 Å². The van der Waals surface area contributed by atoms with E-state index < -0.39 is 6.10 Å². The van der Waals surface area contributed by atoms with Crippen molar-refractivity contribution >= 4 is 17.9 Å². The lowest BCUT2D eigenvalue weighted by atomic mass is 10.1. The highest BCUT2D eigenvalue weighted by Gasteiger charge is 2.19. The average molecular weight is 1080 g/mol. The normalized spacial score (nSPS) is 12.9. The molecule has 1 atom stereocenters. The molecule has 0 N–H and O–H groups in total. The summed E-state index contributed by atoms with van der Waals surface area (Å²) in [5.74, 6) is -0.917. The zero-order valence-corrected chi connectivity index (χ0v) is 50.9. The molecule has 0 bridgehead atoms. The third-order valence-corrected chi connectivity index (χ3v) is 13.7. The van der Waals surface area contributed by atoms with Crippen LogP contribution in [0.25, 0.3) is 0 Å². The summed E-state index contributed by atoms with van der Waals surface area (Å²) in [5.41, 5.74) is 0. The van der Waals surface area contributed by atoms with Crippen molar-refractivity contribution in [3.8, 4) is 0 Å². The summed E-state index contributed by atoms with van der Waals surface area (Å²) in [4.78, 5) is 38.4. The predicted octanol–water partition coefficient (Wildman–Crippen LogP) is 22.4. The lowest BCUT2D eigenvalue weighted by molar-refractivity contribution is -0.167. The number of hydrogen-bond acceptors (Lipinski definition) is 6. The van der Waals surface area contributed by atoms with E-state index in [9.17, 15) is 14.4 Å². The number of carbonyl (C=O) groups is 3. The second kappa shape index (κ2) is 65.3. The van der Waals surface area contributed by atoms with E-state index in [1.807, 2.05) is 0 Å². The maximum atomic E-state index is 12.9. The average Bonchev–Trinajstić information content (AvgIpc) is 3.44. The molecule has 0 aliphatic heterocycles. The van der Waals surface area contributed by atoms with Gasteiger partial charge in [-0.05, 0) is 128 Å². The van der Waals surface area contributed by atoms with Crippen LogP contribution in [0.2, 0.25) is 0 Å². The maximum Gasteiger partial charge on any atom is 0.306 e. The van der Waals surface area contributed by atoms with Gasteiger partial charge in [0.1, 0.15) is 13.2 Å². The Hall–Kier alpha value is -4.19. The van der Waals surface area contributed by atoms with Crippen LogP contribution >= 0.6 is 0 Å². The number of hydrogen-bond donors (Lipinski definition) is 0. The summed E-state index contributed by atoms with van der Waals surface area (Å²) in [6.07, 6.45) is 90.5. The van der Waals surface area contributed by atoms with Gasteiger partial charge in [-0.1, -0.05) is 271 Å². The van der Waals surface area contributed by atoms with Crippen molar-refractivity contribution in [2.75, 3.05) is 13.2 Å². The molecular weight excluding hydrogens is 961 g/mol. The van der Waals surface area contributed by atoms with Crippen LogP contribution in [-0.2, 0) is 28.6 Å². The van der Waals surface area contributed by atoms with E-state index in [4.69, 9.17) is 14.2 Å². The first-order chi connectivity index (χ1) is 38.5. The minimum atomic E-state index is -0.798. The fourth-order valence-corrected chi connectivity index (χ4v) is 8.87. The van der Waals surface area contributed by atoms with E-state index in [1.165, 1.54) is 116 Å². The number of unbranched alkanes of at least 4 members (excludes halogenated alkanes) is 27. The highest BCUT2D eigenvalue weighted by molar-refractivity contribution is 5.71. The minimum absolute atomic E-state index is 0.0917. The lowest BCUT2D eigenvalue weighted by Crippen LogP contribution is -2.30. The highest BCUT2D eigenvalue weighted by atomic mass is 16.6. The molecule has 6 nitrogen and oxygen atoms in total. The molecule has 1 unspecified atom stereocenters. The SMILES string of the molecule is CC/C=C\C/C=C\C/C=C\C/C=C\C/C=C\CCCCCCCC(=O)OCC(COC(=O)CCCCCCCCC/C=C\CCCCCCCCC)OC(=O)CCCCCCCCCC/C=C\C/C=C\C/C=C\C/C=C\CC. The van der Waals surface area contributed by atoms with E-state index in [-0.39, 0.29) is 31.1 Å². The molecule has 0 fully saturated rings. The Bertz CT molecular complexity index is 1620. The van der Waals surface area contributed by atoms with Crippen molar-refractivity contribution < 1.29 is 28.6 Å². The van der Waals surface area contributed by atoms with Gasteiger partial charge in [0.15, 0.2) is 6.10 Å². The molecule has 0 heterocycles. The standard InChI is InChI=1S/C72H120O6/c1-4-7-10-13-16-19-22-25-28-31-34-36-38-41-44-47-50-53-56-59-62-65-71(74)77-68-69(67-76-70(73)64-61-58-55-52-49-46-43-40-33-30-27-24-21-18-15-12-9-6-3)78-72(75)66-63-60-57-54-51-48-45-42-39-37-35-32-29-26-23-20-17-14-11-8-5-2/h7-8,10-11,16-17,19-20,25-26,28-30,33-37,41,44,69H,4-6,9,12-15,18,21-24,27,31-32,38-40,42-43,45-68H2,1-3H3/b10-7-,11-8-,19-16-,20-17-,28-25-,29-26-,33-30-,36-34-,37-35-,44-41-. The van der Waals surface area contributed by atoms with E-state index >= 15 is 0 Å². The first-order valence-electron chi connectivity index (χ1n) is 32.5. The van der Waals surface area contributed by atoms with Crippen molar-refractivity contribution in [2.45, 2.75) is 303 Å². The quantitative estimate of drug-likeness (QED) is 0.0261. The molecule has 0 aromatic rings. The molecule has 0 amide bonds. The molecule has 0 aliphatic carbocycles. The summed E-state index contributed by atoms with van der Waals surface area (Å²) in [7, 11) is 0. The van der Waals surface area contributed by atoms with E-state index in [1.54, 1.807) is 0 Å². The monoisotopic (exact) mass is 1080 g/mol. The Morgan fingerprint density at radius 2 is 0.500 bits per heavy atom. The molecule has 78 heavy (non-hydrogen) atoms. The van der Waals surface area contributed by atoms with Gasteiger partial charge in [0, 0.05) is 19.3 Å². The van der Waals surface area contributed by atoms with Crippen LogP contribution in [-0.4, -0.2) is 37.2 Å². The van der Waals surface area contributed by atoms with Crippen molar-refractivity contribution in [3.05, 3.63) is 122 Å². The molecule has 0 saturated carbocycles. The second-order valence-electron chi connectivity index (χ2n) is 21.3. The zero-order valence-electron chi connectivity index (χ0n) is 50.9. The highest BCUT2D eigenvalue weighted by Crippen LogP contribution is 2.15. The Morgan fingerprint density at radius 3 is 0.795 bits per heavy atom. The van der Waals surface area contributed by atoms with Gasteiger partial charge in [0.25, 0.3) is 0 Å². The Morgan fingerprint density at radius 1 is 0.269 bits per heavy atom. The molecule has 0 aromatic heterocycles. The van der Waals surface area contributed by atoms with Crippen molar-refractivity contribution in [2.24, 2.45) is 0 Å². The van der Waals surface area contributed by atoms with Crippen molar-refractivity contribution in [1.29, 1.82) is 0 Å². The molecule has 444 valence electrons. The molecule has 0 saturated heterocycles. The molecule has 0 rings (SSSR count). The Labute approximate surface area is 482 Å². The third-order valence-electron chi connectivity index (χ3n) is 13.7. The first kappa shape index (κ1) is 73.8. The van der Waals surface area contributed by atoms with Crippen LogP contribution in [0, 0.1) is 0 Å². The summed E-state index contributed by atoms with van der Waals surface area (Å²) < 4.78 is 16.9. The number of rotatable bonds is 58. The molecular formula is C72H120O6. The number of carbonyl (C=O) groups excluding carboxylic acids is 3. The molecule has 0 aliphatic rings. The van der Waals surface area contributed by atoms with Crippen LogP contribution in [0.5, 0.6) is 0 Å². The summed E-state index contributed by atoms with van der Waals surface area (Å²) in [5, 5.41) is 0. The Balaban J connectivity index is 4.46. The fraction of sp³-hybridized carbons (Fsp3) is 0.681. The smallest absolute Gasteiger partial charge is 0.306 e. The maximum absolute atomic E-state index is 12.9. The van der Waals surface area contributed by atoms with Crippen LogP contribution in [0.1, 0.15) is 297 Å². The van der Waals surface area contributed by atoms with Crippen LogP contribution in [0.15, 0.2) is 122 Å². The zero-order chi connectivity index (χ0) is 56.4. The number of ether oxygens (including phenoxy) is 3. The van der Waals surface area contributed by atoms with E-state index in [0.717, 1.165) is 141 Å². The van der Waals surface area contributed by atoms with Crippen LogP contribution in [0.4, 0.5) is 0 Å². The molecule has 0 radical (unpaired) electrons. The summed E-state index contributed by atoms with van der Waals surface area (Å²) >= 11 is 0. The van der Waals surface area contributed by atoms with Crippen LogP contribution in [0.3, 0.4) is 0 Å². The largest absolute Gasteiger partial charge is 0.462 e. The molecule has 0 spiro atoms. The second-order valence-corrected chi connectivity index (χ2v) is 21.3. The minimum Gasteiger partial charge on any atom is -0.462 e. The summed E-state index contributed by atoms with van der Waals surface area (Å²) in [6.45, 7) is 6.41. The van der Waals surface area contributed by atoms with Gasteiger partial charge in [-0.15, -0.1) is 0 Å². The Kier molecular flexibility index (Phi) is 61.8. The van der Waals surface area contributed by atoms with Gasteiger partial charge < -0.3 is 14.2 Å². The van der Waals surface area contributed by atoms with Gasteiger partial charge in [-0.3, -0.25) is 14.4 Å². The third kappa shape index (κ3) is 62.7. The summed E-state index contributed by atoms with van der Waals surface area (Å²) in [6, 6.07) is 0. The number of esters is 3. The van der Waals surface area contributed by atoms with E-state index in [0.29, 0.717) is 19.3 Å². The molecule has 0 aromatic carbocycles. The number of allylic oxidation sites excluding steroid dienone is 20. The van der Waals surface area contributed by atoms with Crippen LogP contribution < -0.4 is 0 Å². The van der Waals surface area contributed by atoms with Gasteiger partial charge in [0.05, 0.1) is 0 Å². The first-order valence-corrected chi connectivity index (χ1v) is 32.5. The van der Waals surface area contributed by atoms with Gasteiger partial charge in [0.2, 0.25) is 0 Å². The topological polar surface area (TPSA) is 78.9 Å². The van der Waals surface area contributed by atoms with Gasteiger partial charge in [-0.2, -0.15) is 0 Å². The van der Waals surface area contributed by atoms with Gasteiger partial charge in [-0.25, -0.2) is 0 Å². The van der Waals surface area contributed by atoms with Crippen molar-refractivity contribution in [1.82, 2.24) is 0 Å². The van der Waals surface area contributed by atoms with E-state index in [2.05, 4.69) is 142 Å². The predicted molar refractivity (Wildman–Crippen MR) is 339 cm³/mol. The fourth-order valence-electron chi connectivity index (χ4n) is 8.87. The van der Waals surface area contributed by atoms with Gasteiger partial charge >= 0.3 is 17.9 Å².